The molecule has 4 heteroatoms. The summed E-state index contributed by atoms with van der Waals surface area (Å²) < 4.78 is 5.13. The van der Waals surface area contributed by atoms with Gasteiger partial charge in [0.1, 0.15) is 5.75 Å². The fraction of sp³-hybridized carbons (Fsp3) is 0.500. The zero-order valence-corrected chi connectivity index (χ0v) is 12.3. The van der Waals surface area contributed by atoms with E-state index in [1.807, 2.05) is 36.1 Å². The van der Waals surface area contributed by atoms with Crippen LogP contribution < -0.4 is 4.74 Å². The van der Waals surface area contributed by atoms with Gasteiger partial charge in [0.15, 0.2) is 0 Å². The van der Waals surface area contributed by atoms with Gasteiger partial charge in [-0.05, 0) is 37.5 Å². The average molecular weight is 312 g/mol. The molecule has 1 amide bonds. The van der Waals surface area contributed by atoms with Gasteiger partial charge in [-0.15, -0.1) is 0 Å². The molecule has 1 unspecified atom stereocenters. The van der Waals surface area contributed by atoms with E-state index < -0.39 is 0 Å². The van der Waals surface area contributed by atoms with Crippen LogP contribution in [0.1, 0.15) is 25.3 Å². The van der Waals surface area contributed by atoms with Gasteiger partial charge in [0.25, 0.3) is 0 Å². The van der Waals surface area contributed by atoms with E-state index in [0.29, 0.717) is 12.6 Å². The summed E-state index contributed by atoms with van der Waals surface area (Å²) in [5.41, 5.74) is 1.14. The van der Waals surface area contributed by atoms with Crippen LogP contribution in [-0.2, 0) is 11.3 Å². The number of carbonyl (C=O) groups excluding carboxylic acids is 1. The van der Waals surface area contributed by atoms with Crippen LogP contribution in [-0.4, -0.2) is 28.8 Å². The van der Waals surface area contributed by atoms with E-state index in [1.54, 1.807) is 7.11 Å². The Kier molecular flexibility index (Phi) is 4.27. The lowest BCUT2D eigenvalue weighted by Gasteiger charge is -2.24. The number of rotatable bonds is 5. The summed E-state index contributed by atoms with van der Waals surface area (Å²) in [5.74, 6) is 1.02. The number of benzene rings is 1. The van der Waals surface area contributed by atoms with Gasteiger partial charge in [0.05, 0.1) is 11.9 Å². The Balaban J connectivity index is 2.06. The molecule has 1 aliphatic rings. The number of nitrogens with zero attached hydrogens (tertiary/aromatic N) is 1. The molecule has 0 radical (unpaired) electrons. The summed E-state index contributed by atoms with van der Waals surface area (Å²) in [4.78, 5) is 14.0. The van der Waals surface area contributed by atoms with Crippen molar-refractivity contribution < 1.29 is 9.53 Å². The fourth-order valence-corrected chi connectivity index (χ4v) is 2.19. The Labute approximate surface area is 116 Å². The SMILES string of the molecule is COc1ccc(CN(C(=O)C(C)Br)C2CC2)cc1. The maximum atomic E-state index is 12.1. The highest BCUT2D eigenvalue weighted by molar-refractivity contribution is 9.10. The first-order valence-corrected chi connectivity index (χ1v) is 7.11. The number of methoxy groups -OCH3 is 1. The van der Waals surface area contributed by atoms with Crippen LogP contribution in [0.15, 0.2) is 24.3 Å². The number of hydrogen-bond donors (Lipinski definition) is 0. The van der Waals surface area contributed by atoms with Gasteiger partial charge in [-0.2, -0.15) is 0 Å². The lowest BCUT2D eigenvalue weighted by Crippen LogP contribution is -2.36. The Morgan fingerprint density at radius 3 is 2.50 bits per heavy atom. The summed E-state index contributed by atoms with van der Waals surface area (Å²) in [6, 6.07) is 8.32. The van der Waals surface area contributed by atoms with Gasteiger partial charge in [-0.1, -0.05) is 28.1 Å². The van der Waals surface area contributed by atoms with E-state index in [-0.39, 0.29) is 10.7 Å². The van der Waals surface area contributed by atoms with Crippen LogP contribution in [0, 0.1) is 0 Å². The first-order chi connectivity index (χ1) is 8.61. The van der Waals surface area contributed by atoms with Crippen LogP contribution in [0.5, 0.6) is 5.75 Å². The number of ether oxygens (including phenoxy) is 1. The van der Waals surface area contributed by atoms with Crippen molar-refractivity contribution in [1.82, 2.24) is 4.90 Å². The summed E-state index contributed by atoms with van der Waals surface area (Å²) in [5, 5.41) is 0. The van der Waals surface area contributed by atoms with Crippen molar-refractivity contribution in [1.29, 1.82) is 0 Å². The molecule has 0 heterocycles. The van der Waals surface area contributed by atoms with Gasteiger partial charge in [0, 0.05) is 12.6 Å². The van der Waals surface area contributed by atoms with Crippen molar-refractivity contribution in [2.75, 3.05) is 7.11 Å². The molecule has 0 bridgehead atoms. The second-order valence-electron chi connectivity index (χ2n) is 4.66. The number of halogens is 1. The maximum absolute atomic E-state index is 12.1. The quantitative estimate of drug-likeness (QED) is 0.782. The maximum Gasteiger partial charge on any atom is 0.236 e. The number of alkyl halides is 1. The minimum atomic E-state index is -0.114. The third-order valence-electron chi connectivity index (χ3n) is 3.12. The molecule has 0 aliphatic heterocycles. The molecule has 3 nitrogen and oxygen atoms in total. The topological polar surface area (TPSA) is 29.5 Å². The summed E-state index contributed by atoms with van der Waals surface area (Å²) in [6.45, 7) is 2.56. The van der Waals surface area contributed by atoms with E-state index in [1.165, 1.54) is 0 Å². The molecule has 1 atom stereocenters. The van der Waals surface area contributed by atoms with Gasteiger partial charge >= 0.3 is 0 Å². The zero-order chi connectivity index (χ0) is 13.1. The highest BCUT2D eigenvalue weighted by Gasteiger charge is 2.33. The molecule has 0 aromatic heterocycles. The van der Waals surface area contributed by atoms with Crippen molar-refractivity contribution in [3.8, 4) is 5.75 Å². The Hall–Kier alpha value is -1.03. The minimum Gasteiger partial charge on any atom is -0.497 e. The molecule has 1 fully saturated rings. The molecule has 0 N–H and O–H groups in total. The van der Waals surface area contributed by atoms with Crippen molar-refractivity contribution in [2.24, 2.45) is 0 Å². The Bertz CT molecular complexity index is 412. The van der Waals surface area contributed by atoms with E-state index in [2.05, 4.69) is 15.9 Å². The molecule has 2 rings (SSSR count). The monoisotopic (exact) mass is 311 g/mol. The van der Waals surface area contributed by atoms with Gasteiger partial charge in [0.2, 0.25) is 5.91 Å². The van der Waals surface area contributed by atoms with E-state index in [4.69, 9.17) is 4.74 Å². The molecule has 1 aromatic carbocycles. The van der Waals surface area contributed by atoms with Crippen LogP contribution in [0.2, 0.25) is 0 Å². The highest BCUT2D eigenvalue weighted by atomic mass is 79.9. The van der Waals surface area contributed by atoms with Crippen molar-refractivity contribution in [3.63, 3.8) is 0 Å². The standard InChI is InChI=1S/C14H18BrNO2/c1-10(15)14(17)16(12-5-6-12)9-11-3-7-13(18-2)8-4-11/h3-4,7-8,10,12H,5-6,9H2,1-2H3. The molecule has 1 aromatic rings. The predicted molar refractivity (Wildman–Crippen MR) is 75.0 cm³/mol. The fourth-order valence-electron chi connectivity index (χ4n) is 1.93. The predicted octanol–water partition coefficient (Wildman–Crippen LogP) is 2.97. The highest BCUT2D eigenvalue weighted by Crippen LogP contribution is 2.30. The number of carbonyl (C=O) groups is 1. The lowest BCUT2D eigenvalue weighted by molar-refractivity contribution is -0.131. The first-order valence-electron chi connectivity index (χ1n) is 6.19. The summed E-state index contributed by atoms with van der Waals surface area (Å²) in [7, 11) is 1.65. The van der Waals surface area contributed by atoms with Gasteiger partial charge in [-0.25, -0.2) is 0 Å². The largest absolute Gasteiger partial charge is 0.497 e. The third kappa shape index (κ3) is 3.25. The van der Waals surface area contributed by atoms with E-state index >= 15 is 0 Å². The lowest BCUT2D eigenvalue weighted by atomic mass is 10.2. The second kappa shape index (κ2) is 5.74. The molecular weight excluding hydrogens is 294 g/mol. The second-order valence-corrected chi connectivity index (χ2v) is 6.03. The molecule has 0 spiro atoms. The van der Waals surface area contributed by atoms with E-state index in [0.717, 1.165) is 24.2 Å². The Morgan fingerprint density at radius 1 is 1.44 bits per heavy atom. The molecule has 1 saturated carbocycles. The summed E-state index contributed by atoms with van der Waals surface area (Å²) in [6.07, 6.45) is 2.25. The van der Waals surface area contributed by atoms with Crippen LogP contribution in [0.25, 0.3) is 0 Å². The van der Waals surface area contributed by atoms with Crippen molar-refractivity contribution in [2.45, 2.75) is 37.2 Å². The van der Waals surface area contributed by atoms with Gasteiger partial charge in [-0.3, -0.25) is 4.79 Å². The van der Waals surface area contributed by atoms with Crippen LogP contribution >= 0.6 is 15.9 Å². The van der Waals surface area contributed by atoms with Crippen LogP contribution in [0.3, 0.4) is 0 Å². The molecule has 1 aliphatic carbocycles. The number of amides is 1. The average Bonchev–Trinajstić information content (AvgIpc) is 3.20. The molecule has 18 heavy (non-hydrogen) atoms. The molecular formula is C14H18BrNO2. The van der Waals surface area contributed by atoms with E-state index in [9.17, 15) is 4.79 Å². The number of hydrogen-bond acceptors (Lipinski definition) is 2. The zero-order valence-electron chi connectivity index (χ0n) is 10.7. The molecule has 0 saturated heterocycles. The first kappa shape index (κ1) is 13.4. The van der Waals surface area contributed by atoms with Gasteiger partial charge < -0.3 is 9.64 Å². The van der Waals surface area contributed by atoms with Crippen molar-refractivity contribution in [3.05, 3.63) is 29.8 Å². The third-order valence-corrected chi connectivity index (χ3v) is 3.51. The minimum absolute atomic E-state index is 0.114. The Morgan fingerprint density at radius 2 is 2.06 bits per heavy atom. The smallest absolute Gasteiger partial charge is 0.236 e. The normalized spacial score (nSPS) is 16.2. The molecule has 98 valence electrons. The van der Waals surface area contributed by atoms with Crippen molar-refractivity contribution >= 4 is 21.8 Å². The van der Waals surface area contributed by atoms with Crippen LogP contribution in [0.4, 0.5) is 0 Å². The summed E-state index contributed by atoms with van der Waals surface area (Å²) >= 11 is 3.36.